The van der Waals surface area contributed by atoms with Crippen LogP contribution in [0.4, 0.5) is 19.0 Å². The highest BCUT2D eigenvalue weighted by atomic mass is 35.5. The zero-order valence-corrected chi connectivity index (χ0v) is 16.5. The minimum atomic E-state index is -5.04. The van der Waals surface area contributed by atoms with Crippen LogP contribution in [0, 0.1) is 11.3 Å². The number of alkyl halides is 3. The second-order valence-electron chi connectivity index (χ2n) is 5.58. The Balaban J connectivity index is 2.89. The second kappa shape index (κ2) is 7.73. The fourth-order valence-corrected chi connectivity index (χ4v) is 3.55. The summed E-state index contributed by atoms with van der Waals surface area (Å²) in [5.74, 6) is -0.498. The molecule has 8 nitrogen and oxygen atoms in total. The highest BCUT2D eigenvalue weighted by molar-refractivity contribution is 7.60. The number of nitriles is 1. The van der Waals surface area contributed by atoms with Gasteiger partial charge in [0.2, 0.25) is 0 Å². The van der Waals surface area contributed by atoms with Crippen molar-refractivity contribution in [3.63, 3.8) is 0 Å². The minimum Gasteiger partial charge on any atom is -0.369 e. The Kier molecular flexibility index (Phi) is 6.13. The van der Waals surface area contributed by atoms with Gasteiger partial charge in [0.15, 0.2) is 11.5 Å². The van der Waals surface area contributed by atoms with Crippen molar-refractivity contribution in [2.75, 3.05) is 14.1 Å². The molecule has 1 aromatic heterocycles. The summed E-state index contributed by atoms with van der Waals surface area (Å²) in [6, 6.07) is 2.67. The molecule has 0 saturated heterocycles. The van der Waals surface area contributed by atoms with E-state index in [9.17, 15) is 32.8 Å². The molecule has 0 radical (unpaired) electrons. The van der Waals surface area contributed by atoms with Gasteiger partial charge >= 0.3 is 13.8 Å². The number of nitrogens with zero attached hydrogens (tertiary/aromatic N) is 5. The highest BCUT2D eigenvalue weighted by Gasteiger charge is 2.35. The predicted molar refractivity (Wildman–Crippen MR) is 96.8 cm³/mol. The SMILES string of the molecule is CN(C)/C=N/c1c(P(=O)(O)O)c(C#N)nn1-c1c(Cl)cc(C(F)(F)F)cc1Cl. The molecule has 1 heterocycles. The van der Waals surface area contributed by atoms with E-state index in [1.165, 1.54) is 11.0 Å². The molecule has 28 heavy (non-hydrogen) atoms. The molecule has 0 aliphatic heterocycles. The molecule has 0 fully saturated rings. The lowest BCUT2D eigenvalue weighted by molar-refractivity contribution is -0.137. The lowest BCUT2D eigenvalue weighted by Gasteiger charge is -2.14. The lowest BCUT2D eigenvalue weighted by atomic mass is 10.2. The van der Waals surface area contributed by atoms with Gasteiger partial charge in [-0.3, -0.25) is 4.57 Å². The maximum atomic E-state index is 12.9. The molecule has 14 heteroatoms. The number of halogens is 5. The van der Waals surface area contributed by atoms with E-state index in [1.807, 2.05) is 0 Å². The molecular formula is C14H11Cl2F3N5O3P. The van der Waals surface area contributed by atoms with E-state index in [0.29, 0.717) is 12.1 Å². The quantitative estimate of drug-likeness (QED) is 0.415. The normalized spacial score (nSPS) is 12.4. The first kappa shape index (κ1) is 22.2. The molecule has 1 aromatic carbocycles. The van der Waals surface area contributed by atoms with Crippen LogP contribution < -0.4 is 5.30 Å². The van der Waals surface area contributed by atoms with E-state index in [2.05, 4.69) is 10.1 Å². The van der Waals surface area contributed by atoms with Gasteiger partial charge < -0.3 is 14.7 Å². The van der Waals surface area contributed by atoms with Crippen molar-refractivity contribution < 1.29 is 27.5 Å². The van der Waals surface area contributed by atoms with Crippen LogP contribution >= 0.6 is 30.8 Å². The Bertz CT molecular complexity index is 1020. The average molecular weight is 456 g/mol. The molecule has 0 atom stereocenters. The zero-order valence-electron chi connectivity index (χ0n) is 14.1. The van der Waals surface area contributed by atoms with Gasteiger partial charge in [0.05, 0.1) is 21.9 Å². The van der Waals surface area contributed by atoms with Gasteiger partial charge in [0, 0.05) is 14.1 Å². The Morgan fingerprint density at radius 3 is 2.25 bits per heavy atom. The van der Waals surface area contributed by atoms with Gasteiger partial charge in [0.25, 0.3) is 0 Å². The van der Waals surface area contributed by atoms with E-state index >= 15 is 0 Å². The Hall–Kier alpha value is -2.09. The fourth-order valence-electron chi connectivity index (χ4n) is 2.12. The summed E-state index contributed by atoms with van der Waals surface area (Å²) in [6.45, 7) is 0. The van der Waals surface area contributed by atoms with E-state index in [1.54, 1.807) is 14.1 Å². The zero-order chi connectivity index (χ0) is 21.4. The van der Waals surface area contributed by atoms with Crippen molar-refractivity contribution >= 4 is 48.3 Å². The Morgan fingerprint density at radius 2 is 1.86 bits per heavy atom. The Morgan fingerprint density at radius 1 is 1.32 bits per heavy atom. The van der Waals surface area contributed by atoms with Crippen LogP contribution in [-0.4, -0.2) is 44.9 Å². The van der Waals surface area contributed by atoms with Crippen LogP contribution in [-0.2, 0) is 10.7 Å². The summed E-state index contributed by atoms with van der Waals surface area (Å²) in [5.41, 5.74) is -2.13. The summed E-state index contributed by atoms with van der Waals surface area (Å²) in [7, 11) is -1.92. The first-order valence-electron chi connectivity index (χ1n) is 7.13. The largest absolute Gasteiger partial charge is 0.416 e. The molecule has 2 aromatic rings. The molecule has 2 N–H and O–H groups in total. The first-order chi connectivity index (χ1) is 12.8. The maximum Gasteiger partial charge on any atom is 0.416 e. The number of hydrogen-bond donors (Lipinski definition) is 2. The number of aliphatic imine (C=N–C) groups is 1. The van der Waals surface area contributed by atoms with Crippen LogP contribution in [0.1, 0.15) is 11.3 Å². The van der Waals surface area contributed by atoms with E-state index in [0.717, 1.165) is 11.0 Å². The van der Waals surface area contributed by atoms with Crippen LogP contribution in [0.2, 0.25) is 10.0 Å². The van der Waals surface area contributed by atoms with Gasteiger partial charge in [0.1, 0.15) is 17.1 Å². The molecule has 0 amide bonds. The van der Waals surface area contributed by atoms with Crippen LogP contribution in [0.5, 0.6) is 0 Å². The first-order valence-corrected chi connectivity index (χ1v) is 9.50. The lowest BCUT2D eigenvalue weighted by Crippen LogP contribution is -2.11. The van der Waals surface area contributed by atoms with E-state index in [-0.39, 0.29) is 5.69 Å². The number of rotatable bonds is 4. The molecule has 0 unspecified atom stereocenters. The standard InChI is InChI=1S/C14H11Cl2F3N5O3P/c1-23(2)6-21-13-12(28(25,26)27)10(5-20)22-24(13)11-8(15)3-7(4-9(11)16)14(17,18)19/h3-4,6H,1-2H3,(H2,25,26,27)/b21-6+. The van der Waals surface area contributed by atoms with Gasteiger partial charge in [-0.05, 0) is 12.1 Å². The highest BCUT2D eigenvalue weighted by Crippen LogP contribution is 2.43. The number of hydrogen-bond acceptors (Lipinski definition) is 4. The summed E-state index contributed by atoms with van der Waals surface area (Å²) in [4.78, 5) is 24.5. The molecule has 0 spiro atoms. The number of benzene rings is 1. The molecule has 0 bridgehead atoms. The van der Waals surface area contributed by atoms with E-state index < -0.39 is 46.2 Å². The van der Waals surface area contributed by atoms with Crippen LogP contribution in [0.25, 0.3) is 5.69 Å². The summed E-state index contributed by atoms with van der Waals surface area (Å²) in [5, 5.41) is 11.1. The van der Waals surface area contributed by atoms with Crippen molar-refractivity contribution in [3.8, 4) is 11.8 Å². The predicted octanol–water partition coefficient (Wildman–Crippen LogP) is 3.09. The third kappa shape index (κ3) is 4.48. The fraction of sp³-hybridized carbons (Fsp3) is 0.214. The molecular weight excluding hydrogens is 445 g/mol. The molecule has 2 rings (SSSR count). The third-order valence-corrected chi connectivity index (χ3v) is 4.77. The smallest absolute Gasteiger partial charge is 0.369 e. The van der Waals surface area contributed by atoms with Gasteiger partial charge in [-0.1, -0.05) is 23.2 Å². The maximum absolute atomic E-state index is 12.9. The summed E-state index contributed by atoms with van der Waals surface area (Å²) < 4.78 is 51.4. The number of aromatic nitrogens is 2. The van der Waals surface area contributed by atoms with Crippen molar-refractivity contribution in [1.29, 1.82) is 5.26 Å². The third-order valence-electron chi connectivity index (χ3n) is 3.20. The minimum absolute atomic E-state index is 0.321. The van der Waals surface area contributed by atoms with Gasteiger partial charge in [-0.25, -0.2) is 9.67 Å². The topological polar surface area (TPSA) is 115 Å². The van der Waals surface area contributed by atoms with Crippen molar-refractivity contribution in [3.05, 3.63) is 33.4 Å². The summed E-state index contributed by atoms with van der Waals surface area (Å²) >= 11 is 11.9. The Labute approximate surface area is 166 Å². The molecule has 150 valence electrons. The van der Waals surface area contributed by atoms with Crippen molar-refractivity contribution in [2.45, 2.75) is 6.18 Å². The van der Waals surface area contributed by atoms with Crippen LogP contribution in [0.3, 0.4) is 0 Å². The second-order valence-corrected chi connectivity index (χ2v) is 7.93. The van der Waals surface area contributed by atoms with Crippen molar-refractivity contribution in [1.82, 2.24) is 14.7 Å². The van der Waals surface area contributed by atoms with Gasteiger partial charge in [-0.2, -0.15) is 23.5 Å². The van der Waals surface area contributed by atoms with Crippen molar-refractivity contribution in [2.24, 2.45) is 4.99 Å². The monoisotopic (exact) mass is 455 g/mol. The van der Waals surface area contributed by atoms with Gasteiger partial charge in [-0.15, -0.1) is 0 Å². The van der Waals surface area contributed by atoms with E-state index in [4.69, 9.17) is 23.2 Å². The molecule has 0 aliphatic rings. The van der Waals surface area contributed by atoms with Crippen LogP contribution in [0.15, 0.2) is 17.1 Å². The summed E-state index contributed by atoms with van der Waals surface area (Å²) in [6.07, 6.45) is -3.57. The molecule has 0 saturated carbocycles. The average Bonchev–Trinajstić information content (AvgIpc) is 2.89. The molecule has 0 aliphatic carbocycles.